The van der Waals surface area contributed by atoms with Gasteiger partial charge in [0.25, 0.3) is 5.91 Å². The van der Waals surface area contributed by atoms with Crippen LogP contribution in [0.2, 0.25) is 0 Å². The highest BCUT2D eigenvalue weighted by Crippen LogP contribution is 2.31. The minimum Gasteiger partial charge on any atom is -0.484 e. The van der Waals surface area contributed by atoms with E-state index in [-0.39, 0.29) is 18.4 Å². The number of fused-ring (bicyclic) bond motifs is 1. The molecule has 1 aliphatic rings. The van der Waals surface area contributed by atoms with Crippen molar-refractivity contribution in [3.05, 3.63) is 72.8 Å². The van der Waals surface area contributed by atoms with Gasteiger partial charge in [-0.1, -0.05) is 24.3 Å². The first-order chi connectivity index (χ1) is 15.7. The number of nitrogens with one attached hydrogen (secondary N) is 1. The molecule has 160 valence electrons. The van der Waals surface area contributed by atoms with Gasteiger partial charge >= 0.3 is 0 Å². The van der Waals surface area contributed by atoms with Crippen molar-refractivity contribution in [3.63, 3.8) is 0 Å². The molecule has 0 saturated carbocycles. The van der Waals surface area contributed by atoms with Gasteiger partial charge < -0.3 is 15.0 Å². The Bertz CT molecular complexity index is 1250. The monoisotopic (exact) mass is 443 g/mol. The van der Waals surface area contributed by atoms with Crippen LogP contribution in [-0.4, -0.2) is 29.9 Å². The SMILES string of the molecule is O=C(COc1ccc(N2CCCC2=O)cc1)Nc1cccc(-c2nc3ccccc3s2)c1. The molecule has 4 aromatic rings. The topological polar surface area (TPSA) is 71.5 Å². The Hall–Kier alpha value is -3.71. The van der Waals surface area contributed by atoms with Gasteiger partial charge in [0, 0.05) is 29.9 Å². The average molecular weight is 444 g/mol. The van der Waals surface area contributed by atoms with Crippen LogP contribution in [0.3, 0.4) is 0 Å². The molecule has 1 aliphatic heterocycles. The number of benzene rings is 3. The normalized spacial score (nSPS) is 13.5. The second-order valence-corrected chi connectivity index (χ2v) is 8.58. The standard InChI is InChI=1S/C25H21N3O3S/c29-23(16-31-20-12-10-19(11-13-20)28-14-4-9-24(28)30)26-18-6-3-5-17(15-18)25-27-21-7-1-2-8-22(21)32-25/h1-3,5-8,10-13,15H,4,9,14,16H2,(H,26,29). The van der Waals surface area contributed by atoms with E-state index in [1.54, 1.807) is 28.4 Å². The molecule has 0 bridgehead atoms. The second-order valence-electron chi connectivity index (χ2n) is 7.55. The maximum Gasteiger partial charge on any atom is 0.262 e. The van der Waals surface area contributed by atoms with Crippen molar-refractivity contribution in [2.24, 2.45) is 0 Å². The van der Waals surface area contributed by atoms with E-state index in [1.165, 1.54) is 0 Å². The molecule has 1 saturated heterocycles. The van der Waals surface area contributed by atoms with Gasteiger partial charge in [0.15, 0.2) is 6.61 Å². The number of para-hydroxylation sites is 1. The molecule has 0 radical (unpaired) electrons. The van der Waals surface area contributed by atoms with Gasteiger partial charge in [-0.05, 0) is 55.0 Å². The number of rotatable bonds is 6. The predicted octanol–water partition coefficient (Wildman–Crippen LogP) is 5.11. The summed E-state index contributed by atoms with van der Waals surface area (Å²) in [6.45, 7) is 0.644. The average Bonchev–Trinajstić information content (AvgIpc) is 3.44. The van der Waals surface area contributed by atoms with Crippen molar-refractivity contribution < 1.29 is 14.3 Å². The van der Waals surface area contributed by atoms with E-state index in [0.717, 1.165) is 39.4 Å². The van der Waals surface area contributed by atoms with Crippen LogP contribution in [0, 0.1) is 0 Å². The van der Waals surface area contributed by atoms with E-state index in [1.807, 2.05) is 54.6 Å². The molecule has 0 unspecified atom stereocenters. The quantitative estimate of drug-likeness (QED) is 0.450. The minimum absolute atomic E-state index is 0.104. The van der Waals surface area contributed by atoms with E-state index in [0.29, 0.717) is 17.9 Å². The number of hydrogen-bond acceptors (Lipinski definition) is 5. The Balaban J connectivity index is 1.20. The van der Waals surface area contributed by atoms with E-state index < -0.39 is 0 Å². The summed E-state index contributed by atoms with van der Waals surface area (Å²) in [4.78, 5) is 30.7. The van der Waals surface area contributed by atoms with E-state index >= 15 is 0 Å². The summed E-state index contributed by atoms with van der Waals surface area (Å²) >= 11 is 1.62. The number of anilines is 2. The lowest BCUT2D eigenvalue weighted by Crippen LogP contribution is -2.23. The molecule has 2 amide bonds. The zero-order valence-corrected chi connectivity index (χ0v) is 18.1. The van der Waals surface area contributed by atoms with E-state index in [9.17, 15) is 9.59 Å². The smallest absolute Gasteiger partial charge is 0.262 e. The van der Waals surface area contributed by atoms with Gasteiger partial charge in [-0.3, -0.25) is 9.59 Å². The third kappa shape index (κ3) is 4.33. The van der Waals surface area contributed by atoms with Gasteiger partial charge in [0.05, 0.1) is 10.2 Å². The summed E-state index contributed by atoms with van der Waals surface area (Å²) < 4.78 is 6.74. The number of amides is 2. The molecule has 1 aromatic heterocycles. The van der Waals surface area contributed by atoms with Gasteiger partial charge in [-0.15, -0.1) is 11.3 Å². The van der Waals surface area contributed by atoms with Crippen molar-refractivity contribution in [2.45, 2.75) is 12.8 Å². The molecule has 3 aromatic carbocycles. The molecule has 1 N–H and O–H groups in total. The maximum absolute atomic E-state index is 12.4. The first-order valence-corrected chi connectivity index (χ1v) is 11.3. The fraction of sp³-hybridized carbons (Fsp3) is 0.160. The lowest BCUT2D eigenvalue weighted by Gasteiger charge is -2.16. The summed E-state index contributed by atoms with van der Waals surface area (Å²) in [5, 5.41) is 3.79. The molecule has 0 spiro atoms. The summed E-state index contributed by atoms with van der Waals surface area (Å²) in [6, 6.07) is 22.9. The van der Waals surface area contributed by atoms with Crippen molar-refractivity contribution in [1.29, 1.82) is 0 Å². The summed E-state index contributed by atoms with van der Waals surface area (Å²) in [6.07, 6.45) is 1.48. The molecule has 0 aliphatic carbocycles. The number of nitrogens with zero attached hydrogens (tertiary/aromatic N) is 2. The molecule has 5 rings (SSSR count). The van der Waals surface area contributed by atoms with Crippen LogP contribution in [0.1, 0.15) is 12.8 Å². The number of ether oxygens (including phenoxy) is 1. The molecule has 6 nitrogen and oxygen atoms in total. The highest BCUT2D eigenvalue weighted by atomic mass is 32.1. The van der Waals surface area contributed by atoms with Crippen LogP contribution in [0.5, 0.6) is 5.75 Å². The van der Waals surface area contributed by atoms with Crippen molar-refractivity contribution in [2.75, 3.05) is 23.4 Å². The molecule has 2 heterocycles. The Morgan fingerprint density at radius 3 is 2.69 bits per heavy atom. The molecule has 0 atom stereocenters. The summed E-state index contributed by atoms with van der Waals surface area (Å²) in [5.74, 6) is 0.482. The van der Waals surface area contributed by atoms with E-state index in [2.05, 4.69) is 16.4 Å². The molecule has 7 heteroatoms. The Morgan fingerprint density at radius 1 is 1.06 bits per heavy atom. The van der Waals surface area contributed by atoms with Gasteiger partial charge in [0.2, 0.25) is 5.91 Å². The number of carbonyl (C=O) groups excluding carboxylic acids is 2. The lowest BCUT2D eigenvalue weighted by atomic mass is 10.2. The molecule has 32 heavy (non-hydrogen) atoms. The third-order valence-electron chi connectivity index (χ3n) is 5.28. The predicted molar refractivity (Wildman–Crippen MR) is 127 cm³/mol. The zero-order valence-electron chi connectivity index (χ0n) is 17.3. The molecule has 1 fully saturated rings. The Morgan fingerprint density at radius 2 is 1.91 bits per heavy atom. The van der Waals surface area contributed by atoms with Crippen LogP contribution >= 0.6 is 11.3 Å². The van der Waals surface area contributed by atoms with Crippen molar-refractivity contribution in [1.82, 2.24) is 4.98 Å². The largest absolute Gasteiger partial charge is 0.484 e. The van der Waals surface area contributed by atoms with Crippen molar-refractivity contribution >= 4 is 44.7 Å². The van der Waals surface area contributed by atoms with Gasteiger partial charge in [-0.2, -0.15) is 0 Å². The Kier molecular flexibility index (Phi) is 5.56. The summed E-state index contributed by atoms with van der Waals surface area (Å²) in [5.41, 5.74) is 3.47. The summed E-state index contributed by atoms with van der Waals surface area (Å²) in [7, 11) is 0. The van der Waals surface area contributed by atoms with Crippen LogP contribution < -0.4 is 15.0 Å². The number of aromatic nitrogens is 1. The lowest BCUT2D eigenvalue weighted by molar-refractivity contribution is -0.118. The third-order valence-corrected chi connectivity index (χ3v) is 6.36. The Labute approximate surface area is 189 Å². The van der Waals surface area contributed by atoms with Gasteiger partial charge in [0.1, 0.15) is 10.8 Å². The fourth-order valence-electron chi connectivity index (χ4n) is 3.72. The number of thiazole rings is 1. The number of hydrogen-bond donors (Lipinski definition) is 1. The number of carbonyl (C=O) groups is 2. The molecular weight excluding hydrogens is 422 g/mol. The highest BCUT2D eigenvalue weighted by Gasteiger charge is 2.21. The van der Waals surface area contributed by atoms with Crippen LogP contribution in [0.15, 0.2) is 72.8 Å². The van der Waals surface area contributed by atoms with Crippen LogP contribution in [0.25, 0.3) is 20.8 Å². The molecular formula is C25H21N3O3S. The van der Waals surface area contributed by atoms with Crippen LogP contribution in [-0.2, 0) is 9.59 Å². The van der Waals surface area contributed by atoms with Crippen molar-refractivity contribution in [3.8, 4) is 16.3 Å². The second kappa shape index (κ2) is 8.80. The first kappa shape index (κ1) is 20.2. The highest BCUT2D eigenvalue weighted by molar-refractivity contribution is 7.21. The zero-order chi connectivity index (χ0) is 21.9. The minimum atomic E-state index is -0.245. The maximum atomic E-state index is 12.4. The van der Waals surface area contributed by atoms with Crippen LogP contribution in [0.4, 0.5) is 11.4 Å². The fourth-order valence-corrected chi connectivity index (χ4v) is 4.68. The first-order valence-electron chi connectivity index (χ1n) is 10.4. The van der Waals surface area contributed by atoms with Gasteiger partial charge in [-0.25, -0.2) is 4.98 Å². The van der Waals surface area contributed by atoms with E-state index in [4.69, 9.17) is 4.74 Å².